The average molecular weight is 513 g/mol. The highest BCUT2D eigenvalue weighted by Gasteiger charge is 2.31. The van der Waals surface area contributed by atoms with E-state index in [0.717, 1.165) is 24.2 Å². The highest BCUT2D eigenvalue weighted by Crippen LogP contribution is 2.42. The van der Waals surface area contributed by atoms with Crippen LogP contribution in [0.3, 0.4) is 0 Å². The highest BCUT2D eigenvalue weighted by atomic mass is 28.3. The van der Waals surface area contributed by atoms with Crippen molar-refractivity contribution < 1.29 is 13.5 Å². The average Bonchev–Trinajstić information content (AvgIpc) is 2.92. The third-order valence-electron chi connectivity index (χ3n) is 9.12. The monoisotopic (exact) mass is 512 g/mol. The summed E-state index contributed by atoms with van der Waals surface area (Å²) in [6.07, 6.45) is 15.4. The molecule has 0 radical (unpaired) electrons. The Morgan fingerprint density at radius 2 is 1.50 bits per heavy atom. The van der Waals surface area contributed by atoms with E-state index in [1.165, 1.54) is 63.0 Å². The summed E-state index contributed by atoms with van der Waals surface area (Å²) in [5, 5.41) is 0. The van der Waals surface area contributed by atoms with Crippen molar-refractivity contribution in [1.29, 1.82) is 0 Å². The van der Waals surface area contributed by atoms with Crippen molar-refractivity contribution in [2.45, 2.75) is 103 Å². The Morgan fingerprint density at radius 1 is 0.806 bits per heavy atom. The molecule has 1 aliphatic heterocycles. The summed E-state index contributed by atoms with van der Waals surface area (Å²) in [5.41, 5.74) is 2.29. The molecule has 1 nitrogen and oxygen atoms in total. The largest absolute Gasteiger partial charge is 0.491 e. The van der Waals surface area contributed by atoms with E-state index in [1.807, 2.05) is 12.1 Å². The van der Waals surface area contributed by atoms with E-state index in [0.29, 0.717) is 17.7 Å². The van der Waals surface area contributed by atoms with E-state index in [-0.39, 0.29) is 14.5 Å². The predicted octanol–water partition coefficient (Wildman–Crippen LogP) is 9.60. The third-order valence-corrected chi connectivity index (χ3v) is 12.6. The fourth-order valence-corrected chi connectivity index (χ4v) is 10.4. The maximum Gasteiger partial charge on any atom is 0.201 e. The van der Waals surface area contributed by atoms with Crippen LogP contribution >= 0.6 is 0 Å². The standard InChI is InChI=1S/C32H46F2OSi/c1-3-5-6-21-36-22-19-27(20-23-36)26-13-9-24(10-14-26)7-8-25-11-15-28(16-12-25)29-17-18-30(35-4-2)32(34)31(29)33/h11-12,15-18,24,26-27,36H,3-10,13-14,19-23H2,1-2H3. The van der Waals surface area contributed by atoms with Crippen LogP contribution in [0.2, 0.25) is 18.1 Å². The zero-order chi connectivity index (χ0) is 25.3. The summed E-state index contributed by atoms with van der Waals surface area (Å²) in [5.74, 6) is 1.10. The lowest BCUT2D eigenvalue weighted by Crippen LogP contribution is -2.28. The van der Waals surface area contributed by atoms with Crippen LogP contribution in [-0.4, -0.2) is 15.4 Å². The maximum atomic E-state index is 14.6. The predicted molar refractivity (Wildman–Crippen MR) is 151 cm³/mol. The van der Waals surface area contributed by atoms with E-state index >= 15 is 0 Å². The first-order chi connectivity index (χ1) is 17.6. The molecule has 0 atom stereocenters. The first-order valence-corrected chi connectivity index (χ1v) is 17.2. The molecule has 0 N–H and O–H groups in total. The van der Waals surface area contributed by atoms with Crippen molar-refractivity contribution in [2.75, 3.05) is 6.61 Å². The van der Waals surface area contributed by atoms with Gasteiger partial charge in [-0.1, -0.05) is 94.3 Å². The molecule has 1 aliphatic carbocycles. The van der Waals surface area contributed by atoms with Crippen LogP contribution < -0.4 is 4.74 Å². The molecule has 1 saturated heterocycles. The molecule has 2 aromatic rings. The number of hydrogen-bond acceptors (Lipinski definition) is 1. The summed E-state index contributed by atoms with van der Waals surface area (Å²) in [6.45, 7) is 4.39. The SMILES string of the molecule is CCCCC[SiH]1CCC(C2CCC(CCc3ccc(-c4ccc(OCC)c(F)c4F)cc3)CC2)CC1. The van der Waals surface area contributed by atoms with Crippen molar-refractivity contribution in [3.05, 3.63) is 53.6 Å². The Hall–Kier alpha value is -1.68. The van der Waals surface area contributed by atoms with Gasteiger partial charge in [0, 0.05) is 14.4 Å². The minimum absolute atomic E-state index is 0.0259. The topological polar surface area (TPSA) is 9.23 Å². The van der Waals surface area contributed by atoms with Gasteiger partial charge in [0.2, 0.25) is 5.82 Å². The molecule has 0 aromatic heterocycles. The molecular weight excluding hydrogens is 466 g/mol. The minimum Gasteiger partial charge on any atom is -0.491 e. The minimum atomic E-state index is -0.906. The molecule has 0 bridgehead atoms. The van der Waals surface area contributed by atoms with Crippen LogP contribution in [-0.2, 0) is 6.42 Å². The number of halogens is 2. The Labute approximate surface area is 219 Å². The number of hydrogen-bond donors (Lipinski definition) is 0. The van der Waals surface area contributed by atoms with Crippen molar-refractivity contribution in [3.8, 4) is 16.9 Å². The van der Waals surface area contributed by atoms with Crippen LogP contribution in [0.4, 0.5) is 8.78 Å². The Balaban J connectivity index is 1.20. The summed E-state index contributed by atoms with van der Waals surface area (Å²) >= 11 is 0. The van der Waals surface area contributed by atoms with Gasteiger partial charge in [0.05, 0.1) is 6.61 Å². The number of unbranched alkanes of at least 4 members (excludes halogenated alkanes) is 2. The van der Waals surface area contributed by atoms with Gasteiger partial charge in [-0.2, -0.15) is 4.39 Å². The fraction of sp³-hybridized carbons (Fsp3) is 0.625. The maximum absolute atomic E-state index is 14.6. The zero-order valence-electron chi connectivity index (χ0n) is 22.5. The van der Waals surface area contributed by atoms with Gasteiger partial charge in [-0.3, -0.25) is 0 Å². The van der Waals surface area contributed by atoms with Crippen molar-refractivity contribution in [3.63, 3.8) is 0 Å². The molecule has 4 rings (SSSR count). The first kappa shape index (κ1) is 27.4. The Kier molecular flexibility index (Phi) is 10.4. The number of benzene rings is 2. The number of ether oxygens (including phenoxy) is 1. The van der Waals surface area contributed by atoms with Crippen LogP contribution in [0.15, 0.2) is 36.4 Å². The molecule has 0 amide bonds. The van der Waals surface area contributed by atoms with Gasteiger partial charge in [0.25, 0.3) is 0 Å². The number of aryl methyl sites for hydroxylation is 1. The van der Waals surface area contributed by atoms with Gasteiger partial charge >= 0.3 is 0 Å². The van der Waals surface area contributed by atoms with Gasteiger partial charge in [0.1, 0.15) is 0 Å². The van der Waals surface area contributed by atoms with Gasteiger partial charge < -0.3 is 4.74 Å². The quantitative estimate of drug-likeness (QED) is 0.215. The molecule has 36 heavy (non-hydrogen) atoms. The van der Waals surface area contributed by atoms with Crippen LogP contribution in [0.1, 0.15) is 83.6 Å². The summed E-state index contributed by atoms with van der Waals surface area (Å²) in [6, 6.07) is 16.0. The Bertz CT molecular complexity index is 928. The van der Waals surface area contributed by atoms with Crippen LogP contribution in [0.25, 0.3) is 11.1 Å². The van der Waals surface area contributed by atoms with Gasteiger partial charge in [-0.05, 0) is 73.6 Å². The molecular formula is C32H46F2OSi. The molecule has 198 valence electrons. The smallest absolute Gasteiger partial charge is 0.201 e. The number of rotatable bonds is 11. The van der Waals surface area contributed by atoms with E-state index in [4.69, 9.17) is 4.74 Å². The second-order valence-electron chi connectivity index (χ2n) is 11.5. The molecule has 0 spiro atoms. The molecule has 2 fully saturated rings. The second kappa shape index (κ2) is 13.7. The van der Waals surface area contributed by atoms with Crippen molar-refractivity contribution in [2.24, 2.45) is 17.8 Å². The van der Waals surface area contributed by atoms with Crippen LogP contribution in [0, 0.1) is 29.4 Å². The van der Waals surface area contributed by atoms with E-state index in [2.05, 4.69) is 19.1 Å². The van der Waals surface area contributed by atoms with Gasteiger partial charge in [-0.15, -0.1) is 0 Å². The third kappa shape index (κ3) is 7.21. The normalized spacial score (nSPS) is 24.6. The fourth-order valence-electron chi connectivity index (χ4n) is 6.82. The lowest BCUT2D eigenvalue weighted by atomic mass is 9.73. The molecule has 0 unspecified atom stereocenters. The second-order valence-corrected chi connectivity index (χ2v) is 14.9. The zero-order valence-corrected chi connectivity index (χ0v) is 23.7. The molecule has 1 saturated carbocycles. The van der Waals surface area contributed by atoms with Gasteiger partial charge in [0.15, 0.2) is 11.6 Å². The molecule has 1 heterocycles. The van der Waals surface area contributed by atoms with Crippen LogP contribution in [0.5, 0.6) is 5.75 Å². The van der Waals surface area contributed by atoms with Gasteiger partial charge in [-0.25, -0.2) is 4.39 Å². The van der Waals surface area contributed by atoms with E-state index in [9.17, 15) is 8.78 Å². The van der Waals surface area contributed by atoms with Crippen molar-refractivity contribution in [1.82, 2.24) is 0 Å². The van der Waals surface area contributed by atoms with E-state index < -0.39 is 11.6 Å². The summed E-state index contributed by atoms with van der Waals surface area (Å²) in [7, 11) is -0.389. The summed E-state index contributed by atoms with van der Waals surface area (Å²) in [4.78, 5) is 0. The Morgan fingerprint density at radius 3 is 2.17 bits per heavy atom. The molecule has 4 heteroatoms. The first-order valence-electron chi connectivity index (χ1n) is 14.8. The van der Waals surface area contributed by atoms with E-state index in [1.54, 1.807) is 44.0 Å². The summed E-state index contributed by atoms with van der Waals surface area (Å²) < 4.78 is 34.0. The molecule has 2 aromatic carbocycles. The molecule has 2 aliphatic rings. The lowest BCUT2D eigenvalue weighted by molar-refractivity contribution is 0.186. The highest BCUT2D eigenvalue weighted by molar-refractivity contribution is 6.58. The van der Waals surface area contributed by atoms with Crippen molar-refractivity contribution >= 4 is 8.80 Å². The lowest BCUT2D eigenvalue weighted by Gasteiger charge is -2.37.